The molecule has 0 fully saturated rings. The van der Waals surface area contributed by atoms with E-state index in [1.807, 2.05) is 18.2 Å². The van der Waals surface area contributed by atoms with Crippen LogP contribution >= 0.6 is 0 Å². The number of guanidine groups is 1. The highest BCUT2D eigenvalue weighted by atomic mass is 16.5. The second kappa shape index (κ2) is 8.36. The molecule has 0 saturated carbocycles. The van der Waals surface area contributed by atoms with Gasteiger partial charge in [-0.15, -0.1) is 0 Å². The van der Waals surface area contributed by atoms with Gasteiger partial charge in [-0.3, -0.25) is 0 Å². The average molecular weight is 314 g/mol. The standard InChI is InChI=1S/C18H26N4O/c1-5-19-18(20-11-15-9-7-6-8-14(15)4)21-12-16-10-17(13(2)3)22-23-16/h6-10,13H,5,11-12H2,1-4H3,(H2,19,20,21). The van der Waals surface area contributed by atoms with Gasteiger partial charge < -0.3 is 15.2 Å². The van der Waals surface area contributed by atoms with E-state index >= 15 is 0 Å². The molecule has 0 amide bonds. The van der Waals surface area contributed by atoms with Crippen LogP contribution in [0.1, 0.15) is 49.3 Å². The monoisotopic (exact) mass is 314 g/mol. The summed E-state index contributed by atoms with van der Waals surface area (Å²) in [5.41, 5.74) is 3.46. The van der Waals surface area contributed by atoms with Crippen molar-refractivity contribution in [2.45, 2.75) is 46.7 Å². The van der Waals surface area contributed by atoms with Crippen LogP contribution in [0.25, 0.3) is 0 Å². The van der Waals surface area contributed by atoms with Crippen molar-refractivity contribution in [2.75, 3.05) is 6.54 Å². The summed E-state index contributed by atoms with van der Waals surface area (Å²) in [5, 5.41) is 10.6. The van der Waals surface area contributed by atoms with Crippen molar-refractivity contribution < 1.29 is 4.52 Å². The molecular formula is C18H26N4O. The number of aliphatic imine (C=N–C) groups is 1. The first-order valence-electron chi connectivity index (χ1n) is 8.12. The lowest BCUT2D eigenvalue weighted by molar-refractivity contribution is 0.372. The van der Waals surface area contributed by atoms with Gasteiger partial charge in [0.15, 0.2) is 11.7 Å². The zero-order valence-corrected chi connectivity index (χ0v) is 14.4. The normalized spacial score (nSPS) is 11.8. The topological polar surface area (TPSA) is 62.5 Å². The van der Waals surface area contributed by atoms with Crippen LogP contribution in [0.2, 0.25) is 0 Å². The molecule has 0 saturated heterocycles. The molecular weight excluding hydrogens is 288 g/mol. The van der Waals surface area contributed by atoms with Gasteiger partial charge in [0.2, 0.25) is 0 Å². The Morgan fingerprint density at radius 1 is 1.26 bits per heavy atom. The van der Waals surface area contributed by atoms with E-state index in [9.17, 15) is 0 Å². The molecule has 0 aliphatic heterocycles. The molecule has 0 atom stereocenters. The van der Waals surface area contributed by atoms with Gasteiger partial charge in [0.05, 0.1) is 18.8 Å². The Balaban J connectivity index is 1.97. The Labute approximate surface area is 138 Å². The second-order valence-corrected chi connectivity index (χ2v) is 5.85. The van der Waals surface area contributed by atoms with Gasteiger partial charge in [-0.05, 0) is 30.9 Å². The van der Waals surface area contributed by atoms with Crippen LogP contribution in [-0.2, 0) is 13.1 Å². The predicted molar refractivity (Wildman–Crippen MR) is 93.4 cm³/mol. The maximum Gasteiger partial charge on any atom is 0.191 e. The minimum Gasteiger partial charge on any atom is -0.359 e. The summed E-state index contributed by atoms with van der Waals surface area (Å²) in [6.45, 7) is 10.4. The summed E-state index contributed by atoms with van der Waals surface area (Å²) < 4.78 is 5.34. The number of aromatic nitrogens is 1. The van der Waals surface area contributed by atoms with Gasteiger partial charge in [-0.2, -0.15) is 0 Å². The van der Waals surface area contributed by atoms with E-state index in [2.05, 4.69) is 60.6 Å². The zero-order chi connectivity index (χ0) is 16.7. The molecule has 124 valence electrons. The largest absolute Gasteiger partial charge is 0.359 e. The minimum absolute atomic E-state index is 0.371. The first-order chi connectivity index (χ1) is 11.1. The zero-order valence-electron chi connectivity index (χ0n) is 14.4. The Morgan fingerprint density at radius 2 is 2.04 bits per heavy atom. The molecule has 2 rings (SSSR count). The van der Waals surface area contributed by atoms with E-state index in [-0.39, 0.29) is 0 Å². The van der Waals surface area contributed by atoms with Crippen molar-refractivity contribution in [1.29, 1.82) is 0 Å². The van der Waals surface area contributed by atoms with Crippen LogP contribution < -0.4 is 10.6 Å². The molecule has 0 radical (unpaired) electrons. The molecule has 5 nitrogen and oxygen atoms in total. The molecule has 0 spiro atoms. The maximum absolute atomic E-state index is 5.34. The van der Waals surface area contributed by atoms with E-state index in [0.29, 0.717) is 19.0 Å². The number of hydrogen-bond acceptors (Lipinski definition) is 3. The van der Waals surface area contributed by atoms with Crippen LogP contribution in [0, 0.1) is 6.92 Å². The third-order valence-corrected chi connectivity index (χ3v) is 3.61. The quantitative estimate of drug-likeness (QED) is 0.634. The SMILES string of the molecule is CCNC(=NCc1ccccc1C)NCc1cc(C(C)C)no1. The molecule has 1 aromatic heterocycles. The Bertz CT molecular complexity index is 646. The molecule has 23 heavy (non-hydrogen) atoms. The Morgan fingerprint density at radius 3 is 2.70 bits per heavy atom. The van der Waals surface area contributed by atoms with E-state index in [1.165, 1.54) is 11.1 Å². The molecule has 1 aromatic carbocycles. The van der Waals surface area contributed by atoms with Crippen LogP contribution in [0.4, 0.5) is 0 Å². The maximum atomic E-state index is 5.34. The molecule has 0 aliphatic carbocycles. The molecule has 5 heteroatoms. The predicted octanol–water partition coefficient (Wildman–Crippen LogP) is 3.36. The van der Waals surface area contributed by atoms with Gasteiger partial charge >= 0.3 is 0 Å². The number of hydrogen-bond donors (Lipinski definition) is 2. The highest BCUT2D eigenvalue weighted by Gasteiger charge is 2.08. The number of aryl methyl sites for hydroxylation is 1. The molecule has 1 heterocycles. The smallest absolute Gasteiger partial charge is 0.191 e. The minimum atomic E-state index is 0.371. The summed E-state index contributed by atoms with van der Waals surface area (Å²) in [6, 6.07) is 10.3. The lowest BCUT2D eigenvalue weighted by atomic mass is 10.1. The fraction of sp³-hybridized carbons (Fsp3) is 0.444. The Kier molecular flexibility index (Phi) is 6.20. The highest BCUT2D eigenvalue weighted by molar-refractivity contribution is 5.79. The van der Waals surface area contributed by atoms with E-state index < -0.39 is 0 Å². The van der Waals surface area contributed by atoms with E-state index in [4.69, 9.17) is 4.52 Å². The van der Waals surface area contributed by atoms with Crippen molar-refractivity contribution >= 4 is 5.96 Å². The van der Waals surface area contributed by atoms with Gasteiger partial charge in [0.1, 0.15) is 0 Å². The van der Waals surface area contributed by atoms with Crippen LogP contribution in [0.15, 0.2) is 39.8 Å². The molecule has 0 aliphatic rings. The van der Waals surface area contributed by atoms with Gasteiger partial charge in [0, 0.05) is 12.6 Å². The Hall–Kier alpha value is -2.30. The van der Waals surface area contributed by atoms with Gasteiger partial charge in [-0.25, -0.2) is 4.99 Å². The van der Waals surface area contributed by atoms with Crippen molar-refractivity contribution in [3.05, 3.63) is 52.9 Å². The lowest BCUT2D eigenvalue weighted by Gasteiger charge is -2.10. The van der Waals surface area contributed by atoms with Crippen LogP contribution in [0.3, 0.4) is 0 Å². The van der Waals surface area contributed by atoms with Gasteiger partial charge in [-0.1, -0.05) is 43.3 Å². The van der Waals surface area contributed by atoms with E-state index in [0.717, 1.165) is 24.0 Å². The summed E-state index contributed by atoms with van der Waals surface area (Å²) in [5.74, 6) is 1.96. The van der Waals surface area contributed by atoms with Crippen molar-refractivity contribution in [2.24, 2.45) is 4.99 Å². The molecule has 2 N–H and O–H groups in total. The van der Waals surface area contributed by atoms with Crippen molar-refractivity contribution in [3.63, 3.8) is 0 Å². The van der Waals surface area contributed by atoms with Crippen molar-refractivity contribution in [3.8, 4) is 0 Å². The fourth-order valence-electron chi connectivity index (χ4n) is 2.15. The number of nitrogens with zero attached hydrogens (tertiary/aromatic N) is 2. The summed E-state index contributed by atoms with van der Waals surface area (Å²) in [7, 11) is 0. The fourth-order valence-corrected chi connectivity index (χ4v) is 2.15. The molecule has 0 unspecified atom stereocenters. The lowest BCUT2D eigenvalue weighted by Crippen LogP contribution is -2.36. The average Bonchev–Trinajstić information content (AvgIpc) is 3.00. The van der Waals surface area contributed by atoms with Gasteiger partial charge in [0.25, 0.3) is 0 Å². The number of nitrogens with one attached hydrogen (secondary N) is 2. The third kappa shape index (κ3) is 5.13. The van der Waals surface area contributed by atoms with Crippen molar-refractivity contribution in [1.82, 2.24) is 15.8 Å². The first kappa shape index (κ1) is 17.1. The first-order valence-corrected chi connectivity index (χ1v) is 8.12. The van der Waals surface area contributed by atoms with Crippen LogP contribution in [-0.4, -0.2) is 17.7 Å². The third-order valence-electron chi connectivity index (χ3n) is 3.61. The number of rotatable bonds is 6. The summed E-state index contributed by atoms with van der Waals surface area (Å²) in [4.78, 5) is 4.63. The number of benzene rings is 1. The summed E-state index contributed by atoms with van der Waals surface area (Å²) >= 11 is 0. The highest BCUT2D eigenvalue weighted by Crippen LogP contribution is 2.13. The van der Waals surface area contributed by atoms with E-state index in [1.54, 1.807) is 0 Å². The second-order valence-electron chi connectivity index (χ2n) is 5.85. The van der Waals surface area contributed by atoms with Crippen LogP contribution in [0.5, 0.6) is 0 Å². The summed E-state index contributed by atoms with van der Waals surface area (Å²) in [6.07, 6.45) is 0. The molecule has 0 bridgehead atoms. The molecule has 2 aromatic rings.